The average Bonchev–Trinajstić information content (AvgIpc) is 2.69. The lowest BCUT2D eigenvalue weighted by Gasteiger charge is -2.37. The van der Waals surface area contributed by atoms with Crippen molar-refractivity contribution in [3.63, 3.8) is 0 Å². The Hall–Kier alpha value is -3.36. The lowest BCUT2D eigenvalue weighted by molar-refractivity contribution is -0.138. The van der Waals surface area contributed by atoms with E-state index < -0.39 is 29.7 Å². The van der Waals surface area contributed by atoms with E-state index in [1.807, 2.05) is 0 Å². The van der Waals surface area contributed by atoms with Crippen LogP contribution in [0, 0.1) is 11.6 Å². The first-order valence-electron chi connectivity index (χ1n) is 8.83. The van der Waals surface area contributed by atoms with Gasteiger partial charge >= 0.3 is 12.0 Å². The lowest BCUT2D eigenvalue weighted by Crippen LogP contribution is -2.43. The maximum absolute atomic E-state index is 13.9. The number of halogens is 2. The summed E-state index contributed by atoms with van der Waals surface area (Å²) in [4.78, 5) is 25.5. The van der Waals surface area contributed by atoms with Crippen molar-refractivity contribution in [1.29, 1.82) is 0 Å². The second-order valence-electron chi connectivity index (χ2n) is 6.52. The van der Waals surface area contributed by atoms with Crippen molar-refractivity contribution in [3.05, 3.63) is 53.1 Å². The first kappa shape index (κ1) is 20.4. The van der Waals surface area contributed by atoms with Gasteiger partial charge in [0.15, 0.2) is 11.5 Å². The van der Waals surface area contributed by atoms with Gasteiger partial charge in [0.25, 0.3) is 0 Å². The third-order valence-electron chi connectivity index (χ3n) is 4.80. The van der Waals surface area contributed by atoms with E-state index >= 15 is 0 Å². The highest BCUT2D eigenvalue weighted by molar-refractivity contribution is 5.90. The molecule has 0 fully saturated rings. The molecule has 1 aliphatic heterocycles. The minimum Gasteiger partial charge on any atom is -0.493 e. The van der Waals surface area contributed by atoms with Gasteiger partial charge < -0.3 is 24.8 Å². The molecule has 1 unspecified atom stereocenters. The number of carboxylic acids is 1. The predicted octanol–water partition coefficient (Wildman–Crippen LogP) is 3.59. The zero-order chi connectivity index (χ0) is 21.1. The zero-order valence-electron chi connectivity index (χ0n) is 15.9. The highest BCUT2D eigenvalue weighted by Gasteiger charge is 2.34. The maximum Gasteiger partial charge on any atom is 0.322 e. The van der Waals surface area contributed by atoms with Gasteiger partial charge in [0.1, 0.15) is 11.6 Å². The lowest BCUT2D eigenvalue weighted by atomic mass is 9.90. The van der Waals surface area contributed by atoms with Crippen molar-refractivity contribution < 1.29 is 33.0 Å². The number of urea groups is 1. The zero-order valence-corrected chi connectivity index (χ0v) is 15.9. The first-order chi connectivity index (χ1) is 13.8. The van der Waals surface area contributed by atoms with Crippen LogP contribution in [0.2, 0.25) is 0 Å². The monoisotopic (exact) mass is 406 g/mol. The Labute approximate surface area is 165 Å². The fourth-order valence-corrected chi connectivity index (χ4v) is 3.44. The van der Waals surface area contributed by atoms with Crippen LogP contribution < -0.4 is 14.8 Å². The fraction of sp³-hybridized carbons (Fsp3) is 0.300. The van der Waals surface area contributed by atoms with Crippen molar-refractivity contribution in [2.45, 2.75) is 18.9 Å². The molecule has 1 aliphatic rings. The highest BCUT2D eigenvalue weighted by Crippen LogP contribution is 2.39. The normalized spacial score (nSPS) is 15.4. The number of hydrogen-bond acceptors (Lipinski definition) is 4. The van der Waals surface area contributed by atoms with E-state index in [4.69, 9.17) is 9.47 Å². The van der Waals surface area contributed by atoms with E-state index in [0.29, 0.717) is 23.5 Å². The molecule has 29 heavy (non-hydrogen) atoms. The Balaban J connectivity index is 1.96. The Morgan fingerprint density at radius 2 is 1.86 bits per heavy atom. The van der Waals surface area contributed by atoms with E-state index in [-0.39, 0.29) is 18.7 Å². The third kappa shape index (κ3) is 4.23. The molecule has 0 radical (unpaired) electrons. The van der Waals surface area contributed by atoms with Gasteiger partial charge in [-0.05, 0) is 41.8 Å². The molecule has 0 spiro atoms. The number of fused-ring (bicyclic) bond motifs is 1. The van der Waals surface area contributed by atoms with Crippen LogP contribution in [0.5, 0.6) is 11.5 Å². The molecule has 2 N–H and O–H groups in total. The Kier molecular flexibility index (Phi) is 5.86. The number of ether oxygens (including phenoxy) is 2. The Morgan fingerprint density at radius 1 is 1.17 bits per heavy atom. The second kappa shape index (κ2) is 8.34. The van der Waals surface area contributed by atoms with Gasteiger partial charge in [0, 0.05) is 12.6 Å². The largest absolute Gasteiger partial charge is 0.493 e. The second-order valence-corrected chi connectivity index (χ2v) is 6.52. The van der Waals surface area contributed by atoms with Crippen molar-refractivity contribution in [1.82, 2.24) is 4.90 Å². The number of aliphatic carboxylic acids is 1. The van der Waals surface area contributed by atoms with Gasteiger partial charge in [-0.2, -0.15) is 0 Å². The molecular weight excluding hydrogens is 386 g/mol. The standard InChI is InChI=1S/C20H20F2N2O5/c1-28-17-7-11-5-6-24(16(10-19(25)26)13(11)9-18(17)29-2)20(27)23-15-8-12(21)3-4-14(15)22/h3-4,7-9,16H,5-6,10H2,1-2H3,(H,23,27)(H,25,26). The van der Waals surface area contributed by atoms with Crippen molar-refractivity contribution in [2.75, 3.05) is 26.1 Å². The minimum absolute atomic E-state index is 0.198. The van der Waals surface area contributed by atoms with Crippen LogP contribution in [-0.2, 0) is 11.2 Å². The number of anilines is 1. The molecule has 2 amide bonds. The number of nitrogens with one attached hydrogen (secondary N) is 1. The number of rotatable bonds is 5. The molecule has 3 rings (SSSR count). The van der Waals surface area contributed by atoms with Crippen LogP contribution in [0.15, 0.2) is 30.3 Å². The van der Waals surface area contributed by atoms with Gasteiger partial charge in [0.2, 0.25) is 0 Å². The van der Waals surface area contributed by atoms with Gasteiger partial charge in [-0.3, -0.25) is 4.79 Å². The number of amides is 2. The summed E-state index contributed by atoms with van der Waals surface area (Å²) in [7, 11) is 2.95. The Bertz CT molecular complexity index is 951. The molecule has 154 valence electrons. The van der Waals surface area contributed by atoms with Crippen LogP contribution in [0.3, 0.4) is 0 Å². The third-order valence-corrected chi connectivity index (χ3v) is 4.80. The summed E-state index contributed by atoms with van der Waals surface area (Å²) in [6, 6.07) is 4.57. The van der Waals surface area contributed by atoms with Gasteiger partial charge in [-0.1, -0.05) is 0 Å². The quantitative estimate of drug-likeness (QED) is 0.792. The highest BCUT2D eigenvalue weighted by atomic mass is 19.1. The van der Waals surface area contributed by atoms with Crippen molar-refractivity contribution in [2.24, 2.45) is 0 Å². The average molecular weight is 406 g/mol. The molecule has 2 aromatic rings. The molecule has 1 atom stereocenters. The number of methoxy groups -OCH3 is 2. The number of carbonyl (C=O) groups excluding carboxylic acids is 1. The number of nitrogens with zero attached hydrogens (tertiary/aromatic N) is 1. The summed E-state index contributed by atoms with van der Waals surface area (Å²) >= 11 is 0. The van der Waals surface area contributed by atoms with E-state index in [0.717, 1.165) is 23.8 Å². The van der Waals surface area contributed by atoms with Crippen LogP contribution in [0.4, 0.5) is 19.3 Å². The van der Waals surface area contributed by atoms with E-state index in [1.165, 1.54) is 19.1 Å². The van der Waals surface area contributed by atoms with E-state index in [1.54, 1.807) is 12.1 Å². The molecule has 0 aromatic heterocycles. The van der Waals surface area contributed by atoms with Crippen LogP contribution in [0.25, 0.3) is 0 Å². The van der Waals surface area contributed by atoms with Crippen molar-refractivity contribution in [3.8, 4) is 11.5 Å². The maximum atomic E-state index is 13.9. The van der Waals surface area contributed by atoms with Crippen molar-refractivity contribution >= 4 is 17.7 Å². The predicted molar refractivity (Wildman–Crippen MR) is 100 cm³/mol. The van der Waals surface area contributed by atoms with Crippen LogP contribution >= 0.6 is 0 Å². The summed E-state index contributed by atoms with van der Waals surface area (Å²) in [5.74, 6) is -1.70. The van der Waals surface area contributed by atoms with Gasteiger partial charge in [-0.25, -0.2) is 13.6 Å². The number of carboxylic acid groups (broad SMARTS) is 1. The molecular formula is C20H20F2N2O5. The van der Waals surface area contributed by atoms with Gasteiger partial charge in [0.05, 0.1) is 32.4 Å². The van der Waals surface area contributed by atoms with Gasteiger partial charge in [-0.15, -0.1) is 0 Å². The molecule has 0 saturated carbocycles. The summed E-state index contributed by atoms with van der Waals surface area (Å²) < 4.78 is 37.9. The summed E-state index contributed by atoms with van der Waals surface area (Å²) in [6.45, 7) is 0.198. The topological polar surface area (TPSA) is 88.1 Å². The summed E-state index contributed by atoms with van der Waals surface area (Å²) in [5, 5.41) is 11.7. The first-order valence-corrected chi connectivity index (χ1v) is 8.83. The number of benzene rings is 2. The van der Waals surface area contributed by atoms with Crippen LogP contribution in [-0.4, -0.2) is 42.8 Å². The SMILES string of the molecule is COc1cc2c(cc1OC)C(CC(=O)O)N(C(=O)Nc1cc(F)ccc1F)CC2. The smallest absolute Gasteiger partial charge is 0.322 e. The number of hydrogen-bond donors (Lipinski definition) is 2. The molecule has 7 nitrogen and oxygen atoms in total. The minimum atomic E-state index is -1.10. The van der Waals surface area contributed by atoms with E-state index in [9.17, 15) is 23.5 Å². The molecule has 0 bridgehead atoms. The number of carbonyl (C=O) groups is 2. The van der Waals surface area contributed by atoms with Crippen LogP contribution in [0.1, 0.15) is 23.6 Å². The van der Waals surface area contributed by atoms with E-state index in [2.05, 4.69) is 5.32 Å². The molecule has 0 saturated heterocycles. The fourth-order valence-electron chi connectivity index (χ4n) is 3.44. The summed E-state index contributed by atoms with van der Waals surface area (Å²) in [6.07, 6.45) is 0.0758. The molecule has 1 heterocycles. The molecule has 0 aliphatic carbocycles. The molecule has 2 aromatic carbocycles. The summed E-state index contributed by atoms with van der Waals surface area (Å²) in [5.41, 5.74) is 1.11. The molecule has 9 heteroatoms. The Morgan fingerprint density at radius 3 is 2.52 bits per heavy atom.